The maximum absolute atomic E-state index is 12.9. The van der Waals surface area contributed by atoms with Gasteiger partial charge in [0.05, 0.1) is 5.56 Å². The quantitative estimate of drug-likeness (QED) is 0.358. The first-order chi connectivity index (χ1) is 18.6. The molecule has 5 rings (SSSR count). The van der Waals surface area contributed by atoms with Crippen molar-refractivity contribution in [3.63, 3.8) is 0 Å². The van der Waals surface area contributed by atoms with Crippen LogP contribution in [0.2, 0.25) is 0 Å². The van der Waals surface area contributed by atoms with E-state index in [1.807, 2.05) is 6.07 Å². The van der Waals surface area contributed by atoms with Crippen LogP contribution in [0.25, 0.3) is 0 Å². The SMILES string of the molecule is CN(Cc1ccc(F)cc1)C(=O)O.FC(F)(F)c1cccc(N2CCN(C[C@@H]3C[C@@H]3c3ccccc3)CC2)c1. The molecule has 208 valence electrons. The molecule has 1 saturated carbocycles. The first-order valence-corrected chi connectivity index (χ1v) is 13.0. The summed E-state index contributed by atoms with van der Waals surface area (Å²) in [7, 11) is 1.46. The highest BCUT2D eigenvalue weighted by atomic mass is 19.4. The van der Waals surface area contributed by atoms with Crippen molar-refractivity contribution >= 4 is 11.8 Å². The maximum atomic E-state index is 12.9. The topological polar surface area (TPSA) is 47.0 Å². The predicted molar refractivity (Wildman–Crippen MR) is 143 cm³/mol. The van der Waals surface area contributed by atoms with Gasteiger partial charge in [0, 0.05) is 52.0 Å². The molecule has 1 heterocycles. The van der Waals surface area contributed by atoms with Gasteiger partial charge < -0.3 is 14.9 Å². The Balaban J connectivity index is 0.000000229. The number of carboxylic acid groups (broad SMARTS) is 1. The summed E-state index contributed by atoms with van der Waals surface area (Å²) in [4.78, 5) is 16.1. The summed E-state index contributed by atoms with van der Waals surface area (Å²) in [6.07, 6.45) is -4.03. The number of carbonyl (C=O) groups is 1. The molecule has 2 atom stereocenters. The van der Waals surface area contributed by atoms with E-state index in [9.17, 15) is 22.4 Å². The molecule has 1 amide bonds. The summed E-state index contributed by atoms with van der Waals surface area (Å²) >= 11 is 0. The summed E-state index contributed by atoms with van der Waals surface area (Å²) in [6.45, 7) is 4.75. The first kappa shape index (κ1) is 28.4. The van der Waals surface area contributed by atoms with Gasteiger partial charge >= 0.3 is 12.3 Å². The van der Waals surface area contributed by atoms with Gasteiger partial charge in [-0.15, -0.1) is 0 Å². The lowest BCUT2D eigenvalue weighted by atomic mass is 10.1. The first-order valence-electron chi connectivity index (χ1n) is 13.0. The zero-order chi connectivity index (χ0) is 28.0. The van der Waals surface area contributed by atoms with E-state index in [1.165, 1.54) is 43.3 Å². The third-order valence-corrected chi connectivity index (χ3v) is 7.21. The Morgan fingerprint density at radius 1 is 0.949 bits per heavy atom. The Bertz CT molecular complexity index is 1210. The van der Waals surface area contributed by atoms with Crippen LogP contribution in [0.4, 0.5) is 28.0 Å². The van der Waals surface area contributed by atoms with Crippen LogP contribution in [0.3, 0.4) is 0 Å². The number of piperazine rings is 1. The molecule has 2 aliphatic rings. The van der Waals surface area contributed by atoms with E-state index >= 15 is 0 Å². The second-order valence-corrected chi connectivity index (χ2v) is 10.1. The molecule has 0 bridgehead atoms. The van der Waals surface area contributed by atoms with E-state index in [-0.39, 0.29) is 12.4 Å². The molecule has 0 spiro atoms. The lowest BCUT2D eigenvalue weighted by Crippen LogP contribution is -2.47. The number of hydrogen-bond donors (Lipinski definition) is 1. The number of alkyl halides is 3. The Morgan fingerprint density at radius 3 is 2.23 bits per heavy atom. The minimum atomic E-state index is -4.28. The molecular weight excluding hydrogens is 510 g/mol. The molecule has 3 aromatic rings. The summed E-state index contributed by atoms with van der Waals surface area (Å²) in [5.41, 5.74) is 2.31. The average Bonchev–Trinajstić information content (AvgIpc) is 3.70. The molecule has 39 heavy (non-hydrogen) atoms. The van der Waals surface area contributed by atoms with Crippen molar-refractivity contribution in [1.29, 1.82) is 0 Å². The molecule has 1 aliphatic heterocycles. The van der Waals surface area contributed by atoms with Crippen molar-refractivity contribution in [3.8, 4) is 0 Å². The average molecular weight is 544 g/mol. The summed E-state index contributed by atoms with van der Waals surface area (Å²) in [5, 5.41) is 8.55. The molecule has 0 aromatic heterocycles. The summed E-state index contributed by atoms with van der Waals surface area (Å²) in [6, 6.07) is 22.1. The van der Waals surface area contributed by atoms with E-state index in [4.69, 9.17) is 5.11 Å². The third-order valence-electron chi connectivity index (χ3n) is 7.21. The Kier molecular flexibility index (Phi) is 9.12. The van der Waals surface area contributed by atoms with Crippen molar-refractivity contribution in [3.05, 3.63) is 101 Å². The molecule has 3 aromatic carbocycles. The molecule has 0 unspecified atom stereocenters. The highest BCUT2D eigenvalue weighted by molar-refractivity contribution is 5.64. The second-order valence-electron chi connectivity index (χ2n) is 10.1. The van der Waals surface area contributed by atoms with Crippen LogP contribution in [0.15, 0.2) is 78.9 Å². The fourth-order valence-electron chi connectivity index (χ4n) is 4.89. The van der Waals surface area contributed by atoms with Crippen LogP contribution in [-0.4, -0.2) is 60.8 Å². The second kappa shape index (κ2) is 12.5. The van der Waals surface area contributed by atoms with Crippen LogP contribution < -0.4 is 4.90 Å². The lowest BCUT2D eigenvalue weighted by molar-refractivity contribution is -0.137. The standard InChI is InChI=1S/C21H23F3N2.C9H10FNO2/c22-21(23,24)18-7-4-8-19(14-18)26-11-9-25(10-12-26)15-17-13-20(17)16-5-2-1-3-6-16;1-11(9(12)13)6-7-2-4-8(10)5-3-7/h1-8,14,17,20H,9-13,15H2;2-5H,6H2,1H3,(H,12,13)/t17-,20+;/m0./s1. The maximum Gasteiger partial charge on any atom is 0.416 e. The van der Waals surface area contributed by atoms with Gasteiger partial charge in [-0.05, 0) is 59.7 Å². The highest BCUT2D eigenvalue weighted by Gasteiger charge is 2.39. The third kappa shape index (κ3) is 8.20. The zero-order valence-electron chi connectivity index (χ0n) is 21.8. The predicted octanol–water partition coefficient (Wildman–Crippen LogP) is 6.57. The number of amides is 1. The van der Waals surface area contributed by atoms with E-state index in [0.717, 1.165) is 55.2 Å². The fourth-order valence-corrected chi connectivity index (χ4v) is 4.89. The van der Waals surface area contributed by atoms with Crippen LogP contribution in [0.5, 0.6) is 0 Å². The normalized spacial score (nSPS) is 19.2. The molecule has 1 N–H and O–H groups in total. The number of benzene rings is 3. The van der Waals surface area contributed by atoms with Gasteiger partial charge in [0.15, 0.2) is 0 Å². The van der Waals surface area contributed by atoms with Crippen LogP contribution >= 0.6 is 0 Å². The van der Waals surface area contributed by atoms with Gasteiger partial charge in [-0.1, -0.05) is 48.5 Å². The van der Waals surface area contributed by atoms with Crippen molar-refractivity contribution in [1.82, 2.24) is 9.80 Å². The smallest absolute Gasteiger partial charge is 0.416 e. The summed E-state index contributed by atoms with van der Waals surface area (Å²) < 4.78 is 51.1. The van der Waals surface area contributed by atoms with Crippen molar-refractivity contribution in [2.45, 2.75) is 25.1 Å². The number of rotatable bonds is 6. The molecule has 9 heteroatoms. The number of halogens is 4. The fraction of sp³-hybridized carbons (Fsp3) is 0.367. The van der Waals surface area contributed by atoms with E-state index in [0.29, 0.717) is 11.6 Å². The van der Waals surface area contributed by atoms with Crippen molar-refractivity contribution < 1.29 is 27.5 Å². The van der Waals surface area contributed by atoms with E-state index < -0.39 is 17.8 Å². The number of anilines is 1. The minimum absolute atomic E-state index is 0.273. The molecule has 2 fully saturated rings. The lowest BCUT2D eigenvalue weighted by Gasteiger charge is -2.36. The van der Waals surface area contributed by atoms with Crippen molar-refractivity contribution in [2.24, 2.45) is 5.92 Å². The Labute approximate surface area is 226 Å². The van der Waals surface area contributed by atoms with Crippen LogP contribution in [-0.2, 0) is 12.7 Å². The van der Waals surface area contributed by atoms with Crippen LogP contribution in [0.1, 0.15) is 29.0 Å². The number of nitrogens with zero attached hydrogens (tertiary/aromatic N) is 3. The molecule has 5 nitrogen and oxygen atoms in total. The monoisotopic (exact) mass is 543 g/mol. The largest absolute Gasteiger partial charge is 0.465 e. The number of hydrogen-bond acceptors (Lipinski definition) is 3. The molecule has 1 saturated heterocycles. The summed E-state index contributed by atoms with van der Waals surface area (Å²) in [5.74, 6) is 1.08. The van der Waals surface area contributed by atoms with Gasteiger partial charge in [-0.3, -0.25) is 4.90 Å². The van der Waals surface area contributed by atoms with Gasteiger partial charge in [0.25, 0.3) is 0 Å². The van der Waals surface area contributed by atoms with Crippen LogP contribution in [0, 0.1) is 11.7 Å². The Morgan fingerprint density at radius 2 is 1.62 bits per heavy atom. The van der Waals surface area contributed by atoms with Gasteiger partial charge in [-0.25, -0.2) is 9.18 Å². The van der Waals surface area contributed by atoms with E-state index in [2.05, 4.69) is 34.1 Å². The molecule has 0 radical (unpaired) electrons. The van der Waals surface area contributed by atoms with Gasteiger partial charge in [-0.2, -0.15) is 13.2 Å². The molecule has 1 aliphatic carbocycles. The van der Waals surface area contributed by atoms with Gasteiger partial charge in [0.2, 0.25) is 0 Å². The van der Waals surface area contributed by atoms with E-state index in [1.54, 1.807) is 18.2 Å². The van der Waals surface area contributed by atoms with Crippen molar-refractivity contribution in [2.75, 3.05) is 44.7 Å². The minimum Gasteiger partial charge on any atom is -0.465 e. The highest BCUT2D eigenvalue weighted by Crippen LogP contribution is 2.47. The Hall–Kier alpha value is -3.59. The molecular formula is C30H33F4N3O2. The zero-order valence-corrected chi connectivity index (χ0v) is 21.8. The van der Waals surface area contributed by atoms with Gasteiger partial charge in [0.1, 0.15) is 5.82 Å².